The standard InChI is InChI=1S/C27H30ClN3O4/c1-34-23-13-9-19(10-14-23)16-29-26(32)25-15-24(35-30-25)18-31(17-20-7-11-22(28)12-8-20)27(33)21-5-3-2-4-6-21/h7-15,21H,2-6,16-18H2,1H3,(H,29,32). The highest BCUT2D eigenvalue weighted by Crippen LogP contribution is 2.27. The van der Waals surface area contributed by atoms with Gasteiger partial charge in [0.05, 0.1) is 13.7 Å². The second kappa shape index (κ2) is 11.9. The summed E-state index contributed by atoms with van der Waals surface area (Å²) in [4.78, 5) is 27.8. The van der Waals surface area contributed by atoms with Crippen LogP contribution in [0.15, 0.2) is 59.1 Å². The Labute approximate surface area is 210 Å². The molecule has 0 spiro atoms. The third kappa shape index (κ3) is 6.85. The van der Waals surface area contributed by atoms with Crippen LogP contribution in [0.4, 0.5) is 0 Å². The van der Waals surface area contributed by atoms with Gasteiger partial charge in [-0.1, -0.05) is 60.3 Å². The van der Waals surface area contributed by atoms with Gasteiger partial charge in [-0.15, -0.1) is 0 Å². The van der Waals surface area contributed by atoms with E-state index in [1.807, 2.05) is 48.5 Å². The van der Waals surface area contributed by atoms with Gasteiger partial charge in [-0.3, -0.25) is 9.59 Å². The van der Waals surface area contributed by atoms with Crippen LogP contribution in [0.1, 0.15) is 59.5 Å². The van der Waals surface area contributed by atoms with Gasteiger partial charge >= 0.3 is 0 Å². The van der Waals surface area contributed by atoms with E-state index in [1.54, 1.807) is 18.1 Å². The summed E-state index contributed by atoms with van der Waals surface area (Å²) >= 11 is 6.03. The van der Waals surface area contributed by atoms with Crippen LogP contribution in [0, 0.1) is 5.92 Å². The lowest BCUT2D eigenvalue weighted by Crippen LogP contribution is -2.36. The van der Waals surface area contributed by atoms with Crippen molar-refractivity contribution < 1.29 is 18.8 Å². The van der Waals surface area contributed by atoms with Crippen molar-refractivity contribution in [3.05, 3.63) is 82.2 Å². The van der Waals surface area contributed by atoms with Crippen molar-refractivity contribution in [3.8, 4) is 5.75 Å². The Bertz CT molecular complexity index is 1120. The molecule has 1 aromatic heterocycles. The molecular weight excluding hydrogens is 466 g/mol. The summed E-state index contributed by atoms with van der Waals surface area (Å²) in [6.45, 7) is 1.04. The van der Waals surface area contributed by atoms with Crippen molar-refractivity contribution in [2.24, 2.45) is 5.92 Å². The van der Waals surface area contributed by atoms with E-state index in [-0.39, 0.29) is 30.0 Å². The number of benzene rings is 2. The molecule has 0 atom stereocenters. The number of amides is 2. The second-order valence-corrected chi connectivity index (χ2v) is 9.30. The van der Waals surface area contributed by atoms with Crippen LogP contribution in [-0.4, -0.2) is 29.0 Å². The molecule has 0 aliphatic heterocycles. The van der Waals surface area contributed by atoms with Crippen LogP contribution >= 0.6 is 11.6 Å². The van der Waals surface area contributed by atoms with Crippen LogP contribution < -0.4 is 10.1 Å². The van der Waals surface area contributed by atoms with Crippen LogP contribution in [-0.2, 0) is 24.4 Å². The van der Waals surface area contributed by atoms with E-state index in [0.29, 0.717) is 23.9 Å². The first-order chi connectivity index (χ1) is 17.0. The van der Waals surface area contributed by atoms with Crippen molar-refractivity contribution in [1.29, 1.82) is 0 Å². The number of carbonyl (C=O) groups is 2. The summed E-state index contributed by atoms with van der Waals surface area (Å²) in [5.74, 6) is 1.02. The summed E-state index contributed by atoms with van der Waals surface area (Å²) < 4.78 is 10.6. The number of rotatable bonds is 9. The number of halogens is 1. The number of carbonyl (C=O) groups excluding carboxylic acids is 2. The molecule has 0 bridgehead atoms. The van der Waals surface area contributed by atoms with Crippen LogP contribution in [0.5, 0.6) is 5.75 Å². The third-order valence-corrected chi connectivity index (χ3v) is 6.56. The van der Waals surface area contributed by atoms with Gasteiger partial charge in [0.15, 0.2) is 11.5 Å². The number of aromatic nitrogens is 1. The molecule has 1 heterocycles. The number of ether oxygens (including phenoxy) is 1. The zero-order chi connectivity index (χ0) is 24.6. The van der Waals surface area contributed by atoms with Gasteiger partial charge in [0.25, 0.3) is 5.91 Å². The van der Waals surface area contributed by atoms with E-state index in [2.05, 4.69) is 10.5 Å². The minimum atomic E-state index is -0.335. The molecule has 1 fully saturated rings. The molecule has 1 N–H and O–H groups in total. The van der Waals surface area contributed by atoms with Crippen LogP contribution in [0.25, 0.3) is 0 Å². The van der Waals surface area contributed by atoms with E-state index in [9.17, 15) is 9.59 Å². The van der Waals surface area contributed by atoms with E-state index in [1.165, 1.54) is 6.42 Å². The largest absolute Gasteiger partial charge is 0.497 e. The molecule has 2 aromatic carbocycles. The molecule has 8 heteroatoms. The summed E-state index contributed by atoms with van der Waals surface area (Å²) in [6.07, 6.45) is 5.15. The molecule has 4 rings (SSSR count). The Balaban J connectivity index is 1.41. The summed E-state index contributed by atoms with van der Waals surface area (Å²) in [7, 11) is 1.61. The predicted molar refractivity (Wildman–Crippen MR) is 133 cm³/mol. The van der Waals surface area contributed by atoms with E-state index in [4.69, 9.17) is 20.9 Å². The smallest absolute Gasteiger partial charge is 0.273 e. The minimum Gasteiger partial charge on any atom is -0.497 e. The first-order valence-corrected chi connectivity index (χ1v) is 12.3. The molecule has 1 aliphatic rings. The average molecular weight is 496 g/mol. The van der Waals surface area contributed by atoms with Gasteiger partial charge in [0.2, 0.25) is 5.91 Å². The van der Waals surface area contributed by atoms with Gasteiger partial charge in [-0.05, 0) is 48.2 Å². The maximum absolute atomic E-state index is 13.4. The highest BCUT2D eigenvalue weighted by molar-refractivity contribution is 6.30. The molecule has 1 saturated carbocycles. The quantitative estimate of drug-likeness (QED) is 0.431. The predicted octanol–water partition coefficient (Wildman–Crippen LogP) is 5.38. The fraction of sp³-hybridized carbons (Fsp3) is 0.370. The lowest BCUT2D eigenvalue weighted by Gasteiger charge is -2.28. The fourth-order valence-corrected chi connectivity index (χ4v) is 4.45. The maximum Gasteiger partial charge on any atom is 0.273 e. The molecule has 0 radical (unpaired) electrons. The van der Waals surface area contributed by atoms with Gasteiger partial charge in [0.1, 0.15) is 5.75 Å². The van der Waals surface area contributed by atoms with Crippen molar-refractivity contribution in [2.45, 2.75) is 51.7 Å². The highest BCUT2D eigenvalue weighted by Gasteiger charge is 2.27. The van der Waals surface area contributed by atoms with Gasteiger partial charge in [-0.2, -0.15) is 0 Å². The second-order valence-electron chi connectivity index (χ2n) is 8.86. The molecular formula is C27H30ClN3O4. The monoisotopic (exact) mass is 495 g/mol. The Kier molecular flexibility index (Phi) is 8.42. The summed E-state index contributed by atoms with van der Waals surface area (Å²) in [6, 6.07) is 16.5. The van der Waals surface area contributed by atoms with E-state index in [0.717, 1.165) is 42.6 Å². The number of nitrogens with zero attached hydrogens (tertiary/aromatic N) is 2. The average Bonchev–Trinajstić information content (AvgIpc) is 3.37. The van der Waals surface area contributed by atoms with Gasteiger partial charge in [0, 0.05) is 30.1 Å². The number of methoxy groups -OCH3 is 1. The normalized spacial score (nSPS) is 13.9. The Morgan fingerprint density at radius 1 is 1.03 bits per heavy atom. The lowest BCUT2D eigenvalue weighted by molar-refractivity contribution is -0.138. The maximum atomic E-state index is 13.4. The number of nitrogens with one attached hydrogen (secondary N) is 1. The molecule has 35 heavy (non-hydrogen) atoms. The lowest BCUT2D eigenvalue weighted by atomic mass is 9.88. The molecule has 184 valence electrons. The van der Waals surface area contributed by atoms with E-state index < -0.39 is 0 Å². The molecule has 0 unspecified atom stereocenters. The molecule has 7 nitrogen and oxygen atoms in total. The van der Waals surface area contributed by atoms with E-state index >= 15 is 0 Å². The SMILES string of the molecule is COc1ccc(CNC(=O)c2cc(CN(Cc3ccc(Cl)cc3)C(=O)C3CCCCC3)on2)cc1. The van der Waals surface area contributed by atoms with Crippen molar-refractivity contribution in [1.82, 2.24) is 15.4 Å². The molecule has 3 aromatic rings. The minimum absolute atomic E-state index is 0.0197. The first-order valence-electron chi connectivity index (χ1n) is 11.9. The number of hydrogen-bond acceptors (Lipinski definition) is 5. The summed E-state index contributed by atoms with van der Waals surface area (Å²) in [5, 5.41) is 7.43. The topological polar surface area (TPSA) is 84.7 Å². The van der Waals surface area contributed by atoms with Crippen molar-refractivity contribution in [3.63, 3.8) is 0 Å². The van der Waals surface area contributed by atoms with Gasteiger partial charge in [-0.25, -0.2) is 0 Å². The van der Waals surface area contributed by atoms with Crippen molar-refractivity contribution >= 4 is 23.4 Å². The van der Waals surface area contributed by atoms with Crippen LogP contribution in [0.2, 0.25) is 5.02 Å². The Morgan fingerprint density at radius 3 is 2.40 bits per heavy atom. The fourth-order valence-electron chi connectivity index (χ4n) is 4.33. The Morgan fingerprint density at radius 2 is 1.71 bits per heavy atom. The molecule has 0 saturated heterocycles. The zero-order valence-electron chi connectivity index (χ0n) is 19.8. The highest BCUT2D eigenvalue weighted by atomic mass is 35.5. The third-order valence-electron chi connectivity index (χ3n) is 6.30. The van der Waals surface area contributed by atoms with Gasteiger partial charge < -0.3 is 19.5 Å². The van der Waals surface area contributed by atoms with Crippen LogP contribution in [0.3, 0.4) is 0 Å². The zero-order valence-corrected chi connectivity index (χ0v) is 20.6. The number of hydrogen-bond donors (Lipinski definition) is 1. The Hall–Kier alpha value is -3.32. The van der Waals surface area contributed by atoms with Crippen molar-refractivity contribution in [2.75, 3.05) is 7.11 Å². The summed E-state index contributed by atoms with van der Waals surface area (Å²) in [5.41, 5.74) is 2.11. The molecule has 2 amide bonds. The first kappa shape index (κ1) is 24.8. The molecule has 1 aliphatic carbocycles.